The number of aromatic nitrogens is 8. The van der Waals surface area contributed by atoms with E-state index in [9.17, 15) is 15.3 Å². The molecule has 2 aromatic heterocycles. The Labute approximate surface area is 253 Å². The summed E-state index contributed by atoms with van der Waals surface area (Å²) in [7, 11) is 0. The van der Waals surface area contributed by atoms with Gasteiger partial charge in [0.25, 0.3) is 0 Å². The lowest BCUT2D eigenvalue weighted by Crippen LogP contribution is -2.24. The maximum Gasteiger partial charge on any atom is 0.173 e. The molecule has 0 aliphatic carbocycles. The van der Waals surface area contributed by atoms with Gasteiger partial charge in [-0.15, -0.1) is 19.8 Å². The highest BCUT2D eigenvalue weighted by molar-refractivity contribution is 5.82. The maximum atomic E-state index is 11.2. The predicted octanol–water partition coefficient (Wildman–Crippen LogP) is 2.84. The number of nitrogens with zero attached hydrogens (tertiary/aromatic N) is 11. The van der Waals surface area contributed by atoms with Gasteiger partial charge in [0, 0.05) is 42.4 Å². The van der Waals surface area contributed by atoms with Crippen molar-refractivity contribution in [3.63, 3.8) is 0 Å². The predicted molar refractivity (Wildman–Crippen MR) is 164 cm³/mol. The molecular weight excluding hydrogens is 562 g/mol. The SMILES string of the molecule is CCN(CCCO)c1cccc(C(c2cc(/C=N/n3nnnc3C)ccc2O)c2cc(/C=N/n3nnnc3C)ccc2O)c1. The number of aliphatic hydroxyl groups is 1. The number of hydrogen-bond acceptors (Lipinski definition) is 12. The van der Waals surface area contributed by atoms with E-state index >= 15 is 0 Å². The van der Waals surface area contributed by atoms with E-state index in [-0.39, 0.29) is 18.1 Å². The number of phenols is 2. The van der Waals surface area contributed by atoms with Crippen molar-refractivity contribution in [2.45, 2.75) is 33.1 Å². The second-order valence-electron chi connectivity index (χ2n) is 10.0. The number of aromatic hydroxyl groups is 2. The van der Waals surface area contributed by atoms with Gasteiger partial charge in [-0.2, -0.15) is 10.2 Å². The zero-order chi connectivity index (χ0) is 31.1. The average molecular weight is 596 g/mol. The maximum absolute atomic E-state index is 11.2. The van der Waals surface area contributed by atoms with Crippen molar-refractivity contribution in [2.24, 2.45) is 10.2 Å². The van der Waals surface area contributed by atoms with Crippen LogP contribution in [0.25, 0.3) is 0 Å². The van der Waals surface area contributed by atoms with Crippen LogP contribution in [0.4, 0.5) is 5.69 Å². The fourth-order valence-corrected chi connectivity index (χ4v) is 4.84. The smallest absolute Gasteiger partial charge is 0.173 e. The average Bonchev–Trinajstić information content (AvgIpc) is 3.65. The first-order valence-corrected chi connectivity index (χ1v) is 14.1. The van der Waals surface area contributed by atoms with Gasteiger partial charge in [0.15, 0.2) is 11.6 Å². The van der Waals surface area contributed by atoms with Crippen molar-refractivity contribution in [2.75, 3.05) is 24.6 Å². The quantitative estimate of drug-likeness (QED) is 0.144. The third-order valence-corrected chi connectivity index (χ3v) is 7.10. The summed E-state index contributed by atoms with van der Waals surface area (Å²) in [4.78, 5) is 4.78. The number of rotatable bonds is 12. The van der Waals surface area contributed by atoms with Gasteiger partial charge in [0.1, 0.15) is 11.5 Å². The number of hydrogen-bond donors (Lipinski definition) is 3. The molecule has 0 radical (unpaired) electrons. The summed E-state index contributed by atoms with van der Waals surface area (Å²) >= 11 is 0. The number of aliphatic hydroxyl groups excluding tert-OH is 1. The number of aryl methyl sites for hydroxylation is 2. The summed E-state index contributed by atoms with van der Waals surface area (Å²) in [6, 6.07) is 18.3. The Morgan fingerprint density at radius 2 is 1.39 bits per heavy atom. The van der Waals surface area contributed by atoms with Crippen LogP contribution in [-0.4, -0.2) is 88.1 Å². The molecule has 0 amide bonds. The molecule has 0 aliphatic heterocycles. The molecule has 0 saturated carbocycles. The molecule has 0 bridgehead atoms. The number of phenolic OH excluding ortho intramolecular Hbond substituents is 2. The van der Waals surface area contributed by atoms with E-state index in [0.29, 0.717) is 46.9 Å². The molecule has 14 nitrogen and oxygen atoms in total. The Kier molecular flexibility index (Phi) is 9.30. The van der Waals surface area contributed by atoms with E-state index in [2.05, 4.69) is 53.1 Å². The molecule has 0 aliphatic rings. The van der Waals surface area contributed by atoms with Crippen LogP contribution in [0.1, 0.15) is 58.7 Å². The van der Waals surface area contributed by atoms with Crippen LogP contribution < -0.4 is 4.90 Å². The lowest BCUT2D eigenvalue weighted by atomic mass is 9.82. The Hall–Kier alpha value is -5.50. The lowest BCUT2D eigenvalue weighted by molar-refractivity contribution is 0.289. The Balaban J connectivity index is 1.63. The molecule has 0 unspecified atom stereocenters. The molecule has 226 valence electrons. The van der Waals surface area contributed by atoms with Crippen LogP contribution in [0.2, 0.25) is 0 Å². The Bertz CT molecular complexity index is 1680. The van der Waals surface area contributed by atoms with Crippen molar-refractivity contribution < 1.29 is 15.3 Å². The van der Waals surface area contributed by atoms with Gasteiger partial charge in [-0.05, 0) is 113 Å². The Morgan fingerprint density at radius 3 is 1.86 bits per heavy atom. The largest absolute Gasteiger partial charge is 0.508 e. The molecule has 0 atom stereocenters. The number of tetrazole rings is 2. The fourth-order valence-electron chi connectivity index (χ4n) is 4.84. The molecule has 0 spiro atoms. The topological polar surface area (TPSA) is 176 Å². The second-order valence-corrected chi connectivity index (χ2v) is 10.0. The van der Waals surface area contributed by atoms with Crippen molar-refractivity contribution in [3.8, 4) is 11.5 Å². The van der Waals surface area contributed by atoms with Crippen LogP contribution in [-0.2, 0) is 0 Å². The number of benzene rings is 3. The van der Waals surface area contributed by atoms with Crippen LogP contribution >= 0.6 is 0 Å². The van der Waals surface area contributed by atoms with Crippen molar-refractivity contribution >= 4 is 18.1 Å². The van der Waals surface area contributed by atoms with Crippen molar-refractivity contribution in [3.05, 3.63) is 100 Å². The van der Waals surface area contributed by atoms with E-state index in [0.717, 1.165) is 17.8 Å². The standard InChI is InChI=1S/C30H33N11O3/c1-4-39(13-6-14-42)25-8-5-7-24(17-25)30(26-15-22(9-11-28(26)43)18-31-40-20(2)33-35-37-40)27-16-23(10-12-29(27)44)19-32-41-21(3)34-36-38-41/h5,7-12,15-19,30,42-44H,4,6,13-14H2,1-3H3/b31-18+,32-19+. The summed E-state index contributed by atoms with van der Waals surface area (Å²) in [5.74, 6) is 0.560. The van der Waals surface area contributed by atoms with Gasteiger partial charge in [-0.1, -0.05) is 12.1 Å². The minimum atomic E-state index is -0.585. The molecule has 2 heterocycles. The van der Waals surface area contributed by atoms with Crippen LogP contribution in [0, 0.1) is 13.8 Å². The van der Waals surface area contributed by atoms with Gasteiger partial charge in [0.05, 0.1) is 12.4 Å². The molecule has 3 N–H and O–H groups in total. The van der Waals surface area contributed by atoms with Gasteiger partial charge < -0.3 is 20.2 Å². The zero-order valence-corrected chi connectivity index (χ0v) is 24.6. The van der Waals surface area contributed by atoms with Crippen LogP contribution in [0.5, 0.6) is 11.5 Å². The molecular formula is C30H33N11O3. The van der Waals surface area contributed by atoms with Crippen molar-refractivity contribution in [1.29, 1.82) is 0 Å². The molecule has 14 heteroatoms. The van der Waals surface area contributed by atoms with Crippen LogP contribution in [0.3, 0.4) is 0 Å². The zero-order valence-electron chi connectivity index (χ0n) is 24.6. The van der Waals surface area contributed by atoms with Crippen LogP contribution in [0.15, 0.2) is 70.9 Å². The highest BCUT2D eigenvalue weighted by Crippen LogP contribution is 2.42. The fraction of sp³-hybridized carbons (Fsp3) is 0.267. The minimum Gasteiger partial charge on any atom is -0.508 e. The van der Waals surface area contributed by atoms with Gasteiger partial charge in [-0.25, -0.2) is 0 Å². The normalized spacial score (nSPS) is 11.8. The third-order valence-electron chi connectivity index (χ3n) is 7.10. The monoisotopic (exact) mass is 595 g/mol. The highest BCUT2D eigenvalue weighted by Gasteiger charge is 2.24. The lowest BCUT2D eigenvalue weighted by Gasteiger charge is -2.26. The van der Waals surface area contributed by atoms with Gasteiger partial charge in [-0.3, -0.25) is 0 Å². The van der Waals surface area contributed by atoms with E-state index in [1.807, 2.05) is 36.4 Å². The van der Waals surface area contributed by atoms with E-state index in [4.69, 9.17) is 0 Å². The van der Waals surface area contributed by atoms with E-state index in [1.165, 1.54) is 9.58 Å². The van der Waals surface area contributed by atoms with Crippen molar-refractivity contribution in [1.82, 2.24) is 40.6 Å². The molecule has 3 aromatic carbocycles. The van der Waals surface area contributed by atoms with Gasteiger partial charge in [0.2, 0.25) is 0 Å². The molecule has 44 heavy (non-hydrogen) atoms. The molecule has 0 fully saturated rings. The first-order chi connectivity index (χ1) is 21.4. The molecule has 0 saturated heterocycles. The van der Waals surface area contributed by atoms with E-state index in [1.54, 1.807) is 50.5 Å². The minimum absolute atomic E-state index is 0.0477. The third kappa shape index (κ3) is 6.76. The molecule has 5 aromatic rings. The molecule has 5 rings (SSSR count). The summed E-state index contributed by atoms with van der Waals surface area (Å²) in [5, 5.41) is 63.2. The summed E-state index contributed by atoms with van der Waals surface area (Å²) in [5.41, 5.74) is 4.29. The summed E-state index contributed by atoms with van der Waals surface area (Å²) in [6.45, 7) is 7.06. The summed E-state index contributed by atoms with van der Waals surface area (Å²) in [6.07, 6.45) is 3.84. The summed E-state index contributed by atoms with van der Waals surface area (Å²) < 4.78 is 0. The second kappa shape index (κ2) is 13.6. The first kappa shape index (κ1) is 30.0. The first-order valence-electron chi connectivity index (χ1n) is 14.1. The highest BCUT2D eigenvalue weighted by atomic mass is 16.3. The van der Waals surface area contributed by atoms with Gasteiger partial charge >= 0.3 is 0 Å². The van der Waals surface area contributed by atoms with E-state index < -0.39 is 5.92 Å². The number of anilines is 1. The Morgan fingerprint density at radius 1 is 0.818 bits per heavy atom.